The first-order valence-electron chi connectivity index (χ1n) is 11.7. The summed E-state index contributed by atoms with van der Waals surface area (Å²) in [5, 5.41) is 2.65. The molecule has 1 saturated carbocycles. The molecular formula is C26H35NO4. The van der Waals surface area contributed by atoms with E-state index in [0.29, 0.717) is 11.8 Å². The number of hydrogen-bond acceptors (Lipinski definition) is 5. The van der Waals surface area contributed by atoms with Crippen LogP contribution in [-0.2, 0) is 25.7 Å². The van der Waals surface area contributed by atoms with Crippen LogP contribution in [0.25, 0.3) is 10.8 Å². The minimum Gasteiger partial charge on any atom is -0.377 e. The maximum Gasteiger partial charge on any atom is 0.201 e. The van der Waals surface area contributed by atoms with E-state index in [-0.39, 0.29) is 6.29 Å². The van der Waals surface area contributed by atoms with Crippen molar-refractivity contribution in [2.24, 2.45) is 11.8 Å². The molecule has 5 atom stereocenters. The Balaban J connectivity index is 1.45. The number of benzene rings is 2. The van der Waals surface area contributed by atoms with Crippen molar-refractivity contribution < 1.29 is 19.2 Å². The highest BCUT2D eigenvalue weighted by Gasteiger charge is 2.63. The Hall–Kier alpha value is -1.66. The average Bonchev–Trinajstić information content (AvgIpc) is 3.01. The Morgan fingerprint density at radius 3 is 2.65 bits per heavy atom. The molecule has 168 valence electrons. The van der Waals surface area contributed by atoms with Crippen LogP contribution >= 0.6 is 0 Å². The van der Waals surface area contributed by atoms with E-state index in [1.54, 1.807) is 7.11 Å². The first kappa shape index (κ1) is 21.2. The highest BCUT2D eigenvalue weighted by molar-refractivity contribution is 5.96. The van der Waals surface area contributed by atoms with Gasteiger partial charge in [0, 0.05) is 38.7 Å². The monoisotopic (exact) mass is 425 g/mol. The minimum absolute atomic E-state index is 0.339. The van der Waals surface area contributed by atoms with E-state index < -0.39 is 11.4 Å². The standard InChI is InChI=1S/C26H35NO4/c1-25-17-16-20-10-6-9-19(26(20,31-30-25)24(28-4)29-25)15-14-18-8-5-12-22-21(18)11-7-13-23(22)27(2)3/h5,7-8,11-13,19-20,24H,6,9-10,14-17H2,1-4H3/t19-,20+,24-,25+,26-/m0/s1. The van der Waals surface area contributed by atoms with Crippen molar-refractivity contribution in [2.45, 2.75) is 69.5 Å². The fraction of sp³-hybridized carbons (Fsp3) is 0.615. The van der Waals surface area contributed by atoms with E-state index in [2.05, 4.69) is 55.4 Å². The molecule has 3 saturated heterocycles. The highest BCUT2D eigenvalue weighted by Crippen LogP contribution is 2.55. The predicted octanol–water partition coefficient (Wildman–Crippen LogP) is 5.45. The van der Waals surface area contributed by atoms with E-state index >= 15 is 0 Å². The number of aryl methyl sites for hydroxylation is 1. The summed E-state index contributed by atoms with van der Waals surface area (Å²) in [5.74, 6) is 0.0472. The van der Waals surface area contributed by atoms with Crippen LogP contribution in [0.3, 0.4) is 0 Å². The number of nitrogens with zero attached hydrogens (tertiary/aromatic N) is 1. The van der Waals surface area contributed by atoms with Gasteiger partial charge in [0.1, 0.15) is 0 Å². The van der Waals surface area contributed by atoms with Crippen LogP contribution in [0.1, 0.15) is 51.0 Å². The fourth-order valence-corrected chi connectivity index (χ4v) is 6.26. The number of rotatable bonds is 5. The molecule has 1 aliphatic carbocycles. The molecule has 0 unspecified atom stereocenters. The van der Waals surface area contributed by atoms with Gasteiger partial charge >= 0.3 is 0 Å². The molecule has 0 amide bonds. The molecule has 1 spiro atoms. The molecule has 5 heteroatoms. The third-order valence-corrected chi connectivity index (χ3v) is 7.86. The average molecular weight is 426 g/mol. The number of hydrogen-bond donors (Lipinski definition) is 0. The van der Waals surface area contributed by atoms with Crippen LogP contribution in [0, 0.1) is 11.8 Å². The quantitative estimate of drug-likeness (QED) is 0.596. The van der Waals surface area contributed by atoms with Crippen molar-refractivity contribution in [3.63, 3.8) is 0 Å². The zero-order chi connectivity index (χ0) is 21.6. The molecule has 2 aromatic rings. The van der Waals surface area contributed by atoms with Gasteiger partial charge < -0.3 is 14.4 Å². The van der Waals surface area contributed by atoms with Crippen molar-refractivity contribution in [3.05, 3.63) is 42.0 Å². The largest absolute Gasteiger partial charge is 0.377 e. The lowest BCUT2D eigenvalue weighted by Crippen LogP contribution is -2.63. The van der Waals surface area contributed by atoms with Crippen molar-refractivity contribution in [1.82, 2.24) is 0 Å². The summed E-state index contributed by atoms with van der Waals surface area (Å²) in [5.41, 5.74) is 2.14. The van der Waals surface area contributed by atoms with Gasteiger partial charge in [-0.1, -0.05) is 36.8 Å². The molecule has 3 heterocycles. The Kier molecular flexibility index (Phi) is 5.50. The van der Waals surface area contributed by atoms with Crippen LogP contribution in [0.2, 0.25) is 0 Å². The summed E-state index contributed by atoms with van der Waals surface area (Å²) < 4.78 is 12.2. The second-order valence-corrected chi connectivity index (χ2v) is 9.93. The van der Waals surface area contributed by atoms with Crippen LogP contribution in [-0.4, -0.2) is 38.9 Å². The van der Waals surface area contributed by atoms with Crippen LogP contribution in [0.4, 0.5) is 5.69 Å². The van der Waals surface area contributed by atoms with Gasteiger partial charge in [0.25, 0.3) is 0 Å². The molecule has 4 aliphatic rings. The summed E-state index contributed by atoms with van der Waals surface area (Å²) in [6.07, 6.45) is 7.07. The van der Waals surface area contributed by atoms with Crippen LogP contribution < -0.4 is 4.90 Å². The molecule has 6 rings (SSSR count). The Morgan fingerprint density at radius 2 is 1.84 bits per heavy atom. The normalized spacial score (nSPS) is 35.0. The third-order valence-electron chi connectivity index (χ3n) is 7.86. The van der Waals surface area contributed by atoms with Gasteiger partial charge in [0.2, 0.25) is 5.79 Å². The van der Waals surface area contributed by atoms with Crippen LogP contribution in [0.15, 0.2) is 36.4 Å². The van der Waals surface area contributed by atoms with E-state index in [1.165, 1.54) is 28.4 Å². The summed E-state index contributed by atoms with van der Waals surface area (Å²) in [6, 6.07) is 13.3. The number of ether oxygens (including phenoxy) is 2. The van der Waals surface area contributed by atoms with Gasteiger partial charge in [-0.15, -0.1) is 0 Å². The van der Waals surface area contributed by atoms with E-state index in [0.717, 1.165) is 38.5 Å². The fourth-order valence-electron chi connectivity index (χ4n) is 6.26. The van der Waals surface area contributed by atoms with Crippen molar-refractivity contribution in [3.8, 4) is 0 Å². The summed E-state index contributed by atoms with van der Waals surface area (Å²) in [4.78, 5) is 14.3. The van der Waals surface area contributed by atoms with E-state index in [4.69, 9.17) is 19.2 Å². The van der Waals surface area contributed by atoms with Crippen molar-refractivity contribution in [1.29, 1.82) is 0 Å². The van der Waals surface area contributed by atoms with Gasteiger partial charge in [0.05, 0.1) is 0 Å². The number of fused-ring (bicyclic) bond motifs is 4. The maximum absolute atomic E-state index is 6.33. The SMILES string of the molecule is CO[C@H]1O[C@@]2(C)CC[C@H]3CCC[C@@H](CCc4cccc5c(N(C)C)cccc45)[C@]31OO2. The number of methoxy groups -OCH3 is 1. The topological polar surface area (TPSA) is 40.2 Å². The Bertz CT molecular complexity index is 946. The van der Waals surface area contributed by atoms with E-state index in [9.17, 15) is 0 Å². The van der Waals surface area contributed by atoms with Gasteiger partial charge in [-0.25, -0.2) is 9.78 Å². The molecule has 0 radical (unpaired) electrons. The molecule has 0 aromatic heterocycles. The lowest BCUT2D eigenvalue weighted by molar-refractivity contribution is -0.554. The van der Waals surface area contributed by atoms with Gasteiger partial charge in [-0.2, -0.15) is 0 Å². The zero-order valence-electron chi connectivity index (χ0n) is 19.2. The first-order valence-corrected chi connectivity index (χ1v) is 11.7. The zero-order valence-corrected chi connectivity index (χ0v) is 19.2. The minimum atomic E-state index is -0.702. The molecule has 5 nitrogen and oxygen atoms in total. The lowest BCUT2D eigenvalue weighted by atomic mass is 9.65. The molecule has 3 aliphatic heterocycles. The number of anilines is 1. The molecular weight excluding hydrogens is 390 g/mol. The molecule has 31 heavy (non-hydrogen) atoms. The maximum atomic E-state index is 6.33. The predicted molar refractivity (Wildman–Crippen MR) is 122 cm³/mol. The second kappa shape index (κ2) is 8.04. The van der Waals surface area contributed by atoms with Gasteiger partial charge in [0.15, 0.2) is 11.9 Å². The van der Waals surface area contributed by atoms with Crippen molar-refractivity contribution >= 4 is 16.5 Å². The van der Waals surface area contributed by atoms with Crippen LogP contribution in [0.5, 0.6) is 0 Å². The first-order chi connectivity index (χ1) is 15.0. The van der Waals surface area contributed by atoms with Gasteiger partial charge in [-0.3, -0.25) is 0 Å². The van der Waals surface area contributed by atoms with Crippen molar-refractivity contribution in [2.75, 3.05) is 26.1 Å². The summed E-state index contributed by atoms with van der Waals surface area (Å²) >= 11 is 0. The van der Waals surface area contributed by atoms with Gasteiger partial charge in [-0.05, 0) is 67.9 Å². The Morgan fingerprint density at radius 1 is 1.03 bits per heavy atom. The lowest BCUT2D eigenvalue weighted by Gasteiger charge is -2.53. The Labute approximate surface area is 185 Å². The molecule has 4 fully saturated rings. The molecule has 0 N–H and O–H groups in total. The molecule has 2 bridgehead atoms. The summed E-state index contributed by atoms with van der Waals surface area (Å²) in [7, 11) is 5.95. The van der Waals surface area contributed by atoms with E-state index in [1.807, 2.05) is 6.92 Å². The third kappa shape index (κ3) is 3.46. The highest BCUT2D eigenvalue weighted by atomic mass is 17.3. The molecule has 2 aromatic carbocycles. The summed E-state index contributed by atoms with van der Waals surface area (Å²) in [6.45, 7) is 1.97. The smallest absolute Gasteiger partial charge is 0.201 e. The second-order valence-electron chi connectivity index (χ2n) is 9.93.